The lowest BCUT2D eigenvalue weighted by molar-refractivity contribution is -0.498. The molecule has 0 bridgehead atoms. The first-order chi connectivity index (χ1) is 20.3. The van der Waals surface area contributed by atoms with E-state index >= 15 is 0 Å². The molecule has 2 aromatic carbocycles. The quantitative estimate of drug-likeness (QED) is 0.154. The molecule has 220 valence electrons. The summed E-state index contributed by atoms with van der Waals surface area (Å²) in [6.07, 6.45) is 2.83. The summed E-state index contributed by atoms with van der Waals surface area (Å²) in [5.41, 5.74) is 7.63. The van der Waals surface area contributed by atoms with Gasteiger partial charge in [-0.2, -0.15) is 10.4 Å². The summed E-state index contributed by atoms with van der Waals surface area (Å²) in [5, 5.41) is 55.2. The fourth-order valence-corrected chi connectivity index (χ4v) is 5.59. The van der Waals surface area contributed by atoms with Crippen LogP contribution in [0.3, 0.4) is 0 Å². The molecule has 4 aromatic rings. The summed E-state index contributed by atoms with van der Waals surface area (Å²) in [6, 6.07) is 24.2. The van der Waals surface area contributed by atoms with Gasteiger partial charge in [0.2, 0.25) is 5.79 Å². The van der Waals surface area contributed by atoms with Crippen LogP contribution in [-0.4, -0.2) is 61.1 Å². The molecule has 1 aliphatic heterocycles. The molecule has 5 rings (SSSR count). The summed E-state index contributed by atoms with van der Waals surface area (Å²) in [4.78, 5) is 0. The van der Waals surface area contributed by atoms with Gasteiger partial charge in [-0.25, -0.2) is 4.52 Å². The Bertz CT molecular complexity index is 1560. The molecule has 1 aliphatic rings. The number of hydrogen-bond donors (Lipinski definition) is 4. The molecule has 9 nitrogen and oxygen atoms in total. The van der Waals surface area contributed by atoms with E-state index in [-0.39, 0.29) is 26.1 Å². The zero-order valence-electron chi connectivity index (χ0n) is 23.7. The Hall–Kier alpha value is -3.62. The van der Waals surface area contributed by atoms with Crippen molar-refractivity contribution in [1.82, 2.24) is 9.61 Å². The molecular weight excluding hydrogens is 534 g/mol. The standard InChI is InChI=1S/C33H37N3O6/c1-2-26-15-16-29-30(25-13-9-10-23(20-25)21-34)28(31(35-36(26)29)24-11-5-3-6-12-24)14-7-4-8-19-41-33(40)32(38,39)18-17-27(22-37)42-33/h3,5-6,9-13,15-16,20,27,37-40H,2,4,7-8,14,17-19,22H2,1H3. The molecular formula is C33H37N3O6. The van der Waals surface area contributed by atoms with E-state index in [4.69, 9.17) is 14.6 Å². The highest BCUT2D eigenvalue weighted by Crippen LogP contribution is 2.38. The van der Waals surface area contributed by atoms with Crippen LogP contribution in [0, 0.1) is 11.3 Å². The second-order valence-electron chi connectivity index (χ2n) is 10.8. The maximum absolute atomic E-state index is 10.6. The molecule has 0 aliphatic carbocycles. The van der Waals surface area contributed by atoms with Crippen LogP contribution in [0.5, 0.6) is 0 Å². The van der Waals surface area contributed by atoms with Crippen molar-refractivity contribution in [3.63, 3.8) is 0 Å². The number of aliphatic hydroxyl groups is 4. The normalized spacial score (nSPS) is 20.0. The summed E-state index contributed by atoms with van der Waals surface area (Å²) in [5.74, 6) is -5.16. The van der Waals surface area contributed by atoms with E-state index < -0.39 is 17.9 Å². The molecule has 1 saturated heterocycles. The SMILES string of the molecule is CCc1ccc2c(-c3cccc(C#N)c3)c(CCCCCOC3(O)OC(CO)CCC3(O)O)c(-c3ccccc3)nn12. The summed E-state index contributed by atoms with van der Waals surface area (Å²) in [7, 11) is 0. The summed E-state index contributed by atoms with van der Waals surface area (Å²) < 4.78 is 12.7. The topological polar surface area (TPSA) is 140 Å². The average molecular weight is 572 g/mol. The van der Waals surface area contributed by atoms with Crippen LogP contribution in [0.15, 0.2) is 66.7 Å². The lowest BCUT2D eigenvalue weighted by Gasteiger charge is -2.44. The first kappa shape index (κ1) is 29.9. The molecule has 42 heavy (non-hydrogen) atoms. The fourth-order valence-electron chi connectivity index (χ4n) is 5.59. The highest BCUT2D eigenvalue weighted by Gasteiger charge is 2.56. The van der Waals surface area contributed by atoms with Crippen molar-refractivity contribution < 1.29 is 29.9 Å². The molecule has 2 aromatic heterocycles. The van der Waals surface area contributed by atoms with Crippen molar-refractivity contribution in [2.45, 2.75) is 69.7 Å². The number of benzene rings is 2. The Kier molecular flexibility index (Phi) is 9.04. The van der Waals surface area contributed by atoms with E-state index in [0.29, 0.717) is 18.4 Å². The van der Waals surface area contributed by atoms with E-state index in [2.05, 4.69) is 37.3 Å². The van der Waals surface area contributed by atoms with Gasteiger partial charge in [-0.15, -0.1) is 0 Å². The van der Waals surface area contributed by atoms with Gasteiger partial charge in [0.25, 0.3) is 0 Å². The Morgan fingerprint density at radius 2 is 1.81 bits per heavy atom. The number of nitrogens with zero attached hydrogens (tertiary/aromatic N) is 3. The second-order valence-corrected chi connectivity index (χ2v) is 10.8. The summed E-state index contributed by atoms with van der Waals surface area (Å²) >= 11 is 0. The van der Waals surface area contributed by atoms with Crippen LogP contribution >= 0.6 is 0 Å². The molecule has 9 heteroatoms. The van der Waals surface area contributed by atoms with Gasteiger partial charge in [0.1, 0.15) is 0 Å². The monoisotopic (exact) mass is 571 g/mol. The fraction of sp³-hybridized carbons (Fsp3) is 0.394. The zero-order chi connectivity index (χ0) is 29.7. The van der Waals surface area contributed by atoms with Gasteiger partial charge in [-0.3, -0.25) is 0 Å². The molecule has 0 amide bonds. The van der Waals surface area contributed by atoms with E-state index in [0.717, 1.165) is 58.4 Å². The van der Waals surface area contributed by atoms with E-state index in [1.165, 1.54) is 0 Å². The van der Waals surface area contributed by atoms with Crippen LogP contribution in [0.2, 0.25) is 0 Å². The van der Waals surface area contributed by atoms with Gasteiger partial charge in [0, 0.05) is 23.2 Å². The van der Waals surface area contributed by atoms with Crippen LogP contribution < -0.4 is 0 Å². The third-order valence-electron chi connectivity index (χ3n) is 7.89. The lowest BCUT2D eigenvalue weighted by Crippen LogP contribution is -2.63. The van der Waals surface area contributed by atoms with Crippen molar-refractivity contribution in [3.05, 3.63) is 83.6 Å². The number of aryl methyl sites for hydroxylation is 1. The first-order valence-corrected chi connectivity index (χ1v) is 14.5. The van der Waals surface area contributed by atoms with Crippen LogP contribution in [-0.2, 0) is 22.3 Å². The van der Waals surface area contributed by atoms with Crippen molar-refractivity contribution in [3.8, 4) is 28.5 Å². The predicted molar refractivity (Wildman–Crippen MR) is 157 cm³/mol. The van der Waals surface area contributed by atoms with Crippen molar-refractivity contribution in [2.24, 2.45) is 0 Å². The number of fused-ring (bicyclic) bond motifs is 1. The highest BCUT2D eigenvalue weighted by atomic mass is 16.9. The van der Waals surface area contributed by atoms with Gasteiger partial charge in [-0.05, 0) is 67.5 Å². The van der Waals surface area contributed by atoms with Crippen molar-refractivity contribution in [1.29, 1.82) is 5.26 Å². The number of nitriles is 1. The second kappa shape index (κ2) is 12.7. The maximum atomic E-state index is 10.6. The molecule has 2 unspecified atom stereocenters. The smallest absolute Gasteiger partial charge is 0.338 e. The molecule has 4 N–H and O–H groups in total. The van der Waals surface area contributed by atoms with Gasteiger partial charge < -0.3 is 29.9 Å². The minimum Gasteiger partial charge on any atom is -0.394 e. The zero-order valence-corrected chi connectivity index (χ0v) is 23.7. The molecule has 1 fully saturated rings. The minimum absolute atomic E-state index is 0.0377. The Labute approximate surface area is 245 Å². The largest absolute Gasteiger partial charge is 0.394 e. The number of rotatable bonds is 11. The number of aliphatic hydroxyl groups excluding tert-OH is 1. The van der Waals surface area contributed by atoms with Gasteiger partial charge in [0.15, 0.2) is 0 Å². The molecule has 0 radical (unpaired) electrons. The van der Waals surface area contributed by atoms with E-state index in [1.54, 1.807) is 6.07 Å². The average Bonchev–Trinajstić information content (AvgIpc) is 3.43. The van der Waals surface area contributed by atoms with Gasteiger partial charge in [-0.1, -0.05) is 55.8 Å². The Morgan fingerprint density at radius 1 is 1.02 bits per heavy atom. The number of aromatic nitrogens is 2. The maximum Gasteiger partial charge on any atom is 0.338 e. The van der Waals surface area contributed by atoms with Gasteiger partial charge in [0.05, 0.1) is 42.2 Å². The molecule has 0 saturated carbocycles. The van der Waals surface area contributed by atoms with Gasteiger partial charge >= 0.3 is 5.97 Å². The van der Waals surface area contributed by atoms with E-state index in [9.17, 15) is 25.7 Å². The van der Waals surface area contributed by atoms with Crippen LogP contribution in [0.4, 0.5) is 0 Å². The highest BCUT2D eigenvalue weighted by molar-refractivity contribution is 5.88. The third-order valence-corrected chi connectivity index (χ3v) is 7.89. The Morgan fingerprint density at radius 3 is 2.55 bits per heavy atom. The summed E-state index contributed by atoms with van der Waals surface area (Å²) in [6.45, 7) is 1.79. The lowest BCUT2D eigenvalue weighted by atomic mass is 9.91. The Balaban J connectivity index is 1.42. The van der Waals surface area contributed by atoms with Crippen molar-refractivity contribution >= 4 is 5.52 Å². The number of unbranched alkanes of at least 4 members (excludes halogenated alkanes) is 2. The number of ether oxygens (including phenoxy) is 2. The van der Waals surface area contributed by atoms with E-state index in [1.807, 2.05) is 40.9 Å². The molecule has 0 spiro atoms. The predicted octanol–water partition coefficient (Wildman–Crippen LogP) is 4.33. The van der Waals surface area contributed by atoms with Crippen LogP contribution in [0.25, 0.3) is 27.9 Å². The third kappa shape index (κ3) is 5.96. The first-order valence-electron chi connectivity index (χ1n) is 14.5. The molecule has 3 heterocycles. The van der Waals surface area contributed by atoms with Crippen LogP contribution in [0.1, 0.15) is 55.8 Å². The molecule has 2 atom stereocenters. The number of hydrogen-bond acceptors (Lipinski definition) is 8. The van der Waals surface area contributed by atoms with Crippen molar-refractivity contribution in [2.75, 3.05) is 13.2 Å². The minimum atomic E-state index is -2.60.